The fourth-order valence-corrected chi connectivity index (χ4v) is 2.52. The number of rotatable bonds is 8. The third-order valence-electron chi connectivity index (χ3n) is 3.02. The summed E-state index contributed by atoms with van der Waals surface area (Å²) in [5, 5.41) is 20.2. The fourth-order valence-electron chi connectivity index (χ4n) is 1.82. The van der Waals surface area contributed by atoms with Gasteiger partial charge in [0.05, 0.1) is 5.75 Å². The highest BCUT2D eigenvalue weighted by Gasteiger charge is 2.29. The summed E-state index contributed by atoms with van der Waals surface area (Å²) < 4.78 is 1.88. The van der Waals surface area contributed by atoms with Crippen LogP contribution >= 0.6 is 11.8 Å². The normalized spacial score (nSPS) is 14.2. The molecule has 1 aliphatic rings. The van der Waals surface area contributed by atoms with Crippen molar-refractivity contribution in [1.29, 1.82) is 0 Å². The Morgan fingerprint density at radius 1 is 1.45 bits per heavy atom. The first-order chi connectivity index (χ1) is 9.61. The highest BCUT2D eigenvalue weighted by atomic mass is 32.2. The zero-order chi connectivity index (χ0) is 14.5. The van der Waals surface area contributed by atoms with Crippen molar-refractivity contribution in [2.75, 3.05) is 12.3 Å². The number of aryl methyl sites for hydroxylation is 1. The second-order valence-electron chi connectivity index (χ2n) is 4.65. The van der Waals surface area contributed by atoms with Gasteiger partial charge in [-0.2, -0.15) is 0 Å². The number of amides is 1. The molecule has 0 unspecified atom stereocenters. The topological polar surface area (TPSA) is 97.1 Å². The summed E-state index contributed by atoms with van der Waals surface area (Å²) >= 11 is 1.15. The Morgan fingerprint density at radius 2 is 2.20 bits per heavy atom. The highest BCUT2D eigenvalue weighted by Crippen LogP contribution is 2.28. The van der Waals surface area contributed by atoms with E-state index in [9.17, 15) is 9.59 Å². The molecule has 8 heteroatoms. The van der Waals surface area contributed by atoms with E-state index in [1.54, 1.807) is 0 Å². The van der Waals surface area contributed by atoms with Crippen molar-refractivity contribution >= 4 is 23.6 Å². The van der Waals surface area contributed by atoms with Gasteiger partial charge < -0.3 is 15.0 Å². The number of carboxylic acids is 1. The number of aromatic nitrogens is 3. The average molecular weight is 298 g/mol. The van der Waals surface area contributed by atoms with Gasteiger partial charge >= 0.3 is 5.97 Å². The lowest BCUT2D eigenvalue weighted by molar-refractivity contribution is -0.134. The number of aliphatic carboxylic acids is 1. The van der Waals surface area contributed by atoms with Gasteiger partial charge in [-0.25, -0.2) is 0 Å². The first kappa shape index (κ1) is 14.8. The summed E-state index contributed by atoms with van der Waals surface area (Å²) in [7, 11) is 0. The van der Waals surface area contributed by atoms with Crippen LogP contribution in [-0.4, -0.2) is 44.0 Å². The number of thioether (sulfide) groups is 1. The van der Waals surface area contributed by atoms with Crippen LogP contribution in [0, 0.1) is 5.92 Å². The maximum Gasteiger partial charge on any atom is 0.313 e. The maximum absolute atomic E-state index is 11.6. The summed E-state index contributed by atoms with van der Waals surface area (Å²) in [6, 6.07) is 0. The Bertz CT molecular complexity index is 499. The quantitative estimate of drug-likeness (QED) is 0.680. The lowest BCUT2D eigenvalue weighted by Gasteiger charge is -2.09. The third kappa shape index (κ3) is 3.96. The largest absolute Gasteiger partial charge is 0.481 e. The molecule has 1 aromatic heterocycles. The lowest BCUT2D eigenvalue weighted by atomic mass is 10.4. The van der Waals surface area contributed by atoms with E-state index in [2.05, 4.69) is 15.5 Å². The molecule has 1 saturated carbocycles. The van der Waals surface area contributed by atoms with Crippen LogP contribution in [0.4, 0.5) is 0 Å². The van der Waals surface area contributed by atoms with Gasteiger partial charge in [-0.3, -0.25) is 9.59 Å². The van der Waals surface area contributed by atoms with Crippen LogP contribution in [-0.2, 0) is 22.6 Å². The van der Waals surface area contributed by atoms with Crippen molar-refractivity contribution in [2.45, 2.75) is 37.9 Å². The Hall–Kier alpha value is -1.57. The smallest absolute Gasteiger partial charge is 0.313 e. The Kier molecular flexibility index (Phi) is 4.99. The molecule has 0 radical (unpaired) electrons. The van der Waals surface area contributed by atoms with E-state index in [-0.39, 0.29) is 17.6 Å². The minimum absolute atomic E-state index is 0.0454. The number of nitrogens with one attached hydrogen (secondary N) is 1. The summed E-state index contributed by atoms with van der Waals surface area (Å²) in [6.45, 7) is 3.05. The van der Waals surface area contributed by atoms with Crippen molar-refractivity contribution in [1.82, 2.24) is 20.1 Å². The molecule has 1 aliphatic carbocycles. The first-order valence-electron chi connectivity index (χ1n) is 6.66. The molecule has 0 aromatic carbocycles. The van der Waals surface area contributed by atoms with Crippen molar-refractivity contribution in [2.24, 2.45) is 5.92 Å². The van der Waals surface area contributed by atoms with Crippen LogP contribution in [0.3, 0.4) is 0 Å². The molecule has 0 spiro atoms. The van der Waals surface area contributed by atoms with Gasteiger partial charge in [0.1, 0.15) is 5.82 Å². The van der Waals surface area contributed by atoms with Crippen LogP contribution in [0.25, 0.3) is 0 Å². The van der Waals surface area contributed by atoms with Crippen molar-refractivity contribution in [3.05, 3.63) is 5.82 Å². The summed E-state index contributed by atoms with van der Waals surface area (Å²) in [5.41, 5.74) is 0. The van der Waals surface area contributed by atoms with E-state index >= 15 is 0 Å². The second-order valence-corrected chi connectivity index (χ2v) is 5.59. The molecule has 0 bridgehead atoms. The van der Waals surface area contributed by atoms with E-state index in [0.717, 1.165) is 36.8 Å². The maximum atomic E-state index is 11.6. The van der Waals surface area contributed by atoms with Crippen LogP contribution in [0.1, 0.15) is 25.6 Å². The van der Waals surface area contributed by atoms with Gasteiger partial charge in [-0.05, 0) is 12.8 Å². The molecule has 2 N–H and O–H groups in total. The molecule has 7 nitrogen and oxygen atoms in total. The molecular formula is C12H18N4O3S. The molecule has 1 heterocycles. The zero-order valence-corrected chi connectivity index (χ0v) is 12.2. The predicted octanol–water partition coefficient (Wildman–Crippen LogP) is 0.543. The number of carbonyl (C=O) groups is 2. The molecule has 0 atom stereocenters. The van der Waals surface area contributed by atoms with Gasteiger partial charge in [0.2, 0.25) is 5.91 Å². The minimum Gasteiger partial charge on any atom is -0.481 e. The lowest BCUT2D eigenvalue weighted by Crippen LogP contribution is -2.29. The fraction of sp³-hybridized carbons (Fsp3) is 0.667. The van der Waals surface area contributed by atoms with Crippen LogP contribution in [0.15, 0.2) is 5.16 Å². The van der Waals surface area contributed by atoms with E-state index in [1.165, 1.54) is 0 Å². The van der Waals surface area contributed by atoms with Gasteiger partial charge in [0, 0.05) is 25.4 Å². The Labute approximate surface area is 121 Å². The molecule has 1 fully saturated rings. The van der Waals surface area contributed by atoms with E-state index < -0.39 is 5.97 Å². The molecule has 2 rings (SSSR count). The molecule has 110 valence electrons. The molecule has 1 amide bonds. The standard InChI is InChI=1S/C12H18N4O3S/c1-2-9-14-15-12(20-7-10(17)18)16(9)6-5-13-11(19)8-3-4-8/h8H,2-7H2,1H3,(H,13,19)(H,17,18). The summed E-state index contributed by atoms with van der Waals surface area (Å²) in [6.07, 6.45) is 2.69. The van der Waals surface area contributed by atoms with Crippen LogP contribution < -0.4 is 5.32 Å². The minimum atomic E-state index is -0.885. The zero-order valence-electron chi connectivity index (χ0n) is 11.3. The van der Waals surface area contributed by atoms with E-state index in [1.807, 2.05) is 11.5 Å². The van der Waals surface area contributed by atoms with Gasteiger partial charge in [-0.1, -0.05) is 18.7 Å². The van der Waals surface area contributed by atoms with Crippen molar-refractivity contribution in [3.63, 3.8) is 0 Å². The predicted molar refractivity (Wildman–Crippen MR) is 73.5 cm³/mol. The van der Waals surface area contributed by atoms with Crippen molar-refractivity contribution in [3.8, 4) is 0 Å². The number of hydrogen-bond donors (Lipinski definition) is 2. The van der Waals surface area contributed by atoms with Gasteiger partial charge in [0.25, 0.3) is 0 Å². The van der Waals surface area contributed by atoms with Crippen LogP contribution in [0.5, 0.6) is 0 Å². The summed E-state index contributed by atoms with van der Waals surface area (Å²) in [5.74, 6) is 0.178. The SMILES string of the molecule is CCc1nnc(SCC(=O)O)n1CCNC(=O)C1CC1. The second kappa shape index (κ2) is 6.74. The number of carbonyl (C=O) groups excluding carboxylic acids is 1. The third-order valence-corrected chi connectivity index (χ3v) is 3.97. The number of hydrogen-bond acceptors (Lipinski definition) is 5. The first-order valence-corrected chi connectivity index (χ1v) is 7.64. The molecule has 0 aliphatic heterocycles. The number of nitrogens with zero attached hydrogens (tertiary/aromatic N) is 3. The summed E-state index contributed by atoms with van der Waals surface area (Å²) in [4.78, 5) is 22.2. The Morgan fingerprint density at radius 3 is 2.80 bits per heavy atom. The monoisotopic (exact) mass is 298 g/mol. The molecular weight excluding hydrogens is 280 g/mol. The molecule has 1 aromatic rings. The van der Waals surface area contributed by atoms with Crippen LogP contribution in [0.2, 0.25) is 0 Å². The molecule has 0 saturated heterocycles. The number of carboxylic acid groups (broad SMARTS) is 1. The molecule has 20 heavy (non-hydrogen) atoms. The van der Waals surface area contributed by atoms with E-state index in [0.29, 0.717) is 18.2 Å². The van der Waals surface area contributed by atoms with E-state index in [4.69, 9.17) is 5.11 Å². The van der Waals surface area contributed by atoms with Gasteiger partial charge in [-0.15, -0.1) is 10.2 Å². The van der Waals surface area contributed by atoms with Gasteiger partial charge in [0.15, 0.2) is 5.16 Å². The highest BCUT2D eigenvalue weighted by molar-refractivity contribution is 7.99. The Balaban J connectivity index is 1.91. The average Bonchev–Trinajstić information content (AvgIpc) is 3.19. The van der Waals surface area contributed by atoms with Crippen molar-refractivity contribution < 1.29 is 14.7 Å².